The minimum Gasteiger partial charge on any atom is -0.384 e. The lowest BCUT2D eigenvalue weighted by atomic mass is 10.1. The molecule has 0 unspecified atom stereocenters. The van der Waals surface area contributed by atoms with Gasteiger partial charge in [-0.3, -0.25) is 5.84 Å². The molecule has 0 aliphatic rings. The Hall–Kier alpha value is -2.34. The van der Waals surface area contributed by atoms with Crippen LogP contribution in [0.15, 0.2) is 24.5 Å². The van der Waals surface area contributed by atoms with Gasteiger partial charge in [0, 0.05) is 6.07 Å². The normalized spacial score (nSPS) is 10.2. The molecular weight excluding hydrogens is 228 g/mol. The van der Waals surface area contributed by atoms with E-state index in [4.69, 9.17) is 11.6 Å². The van der Waals surface area contributed by atoms with Crippen LogP contribution in [0.1, 0.15) is 11.1 Å². The Labute approximate surface area is 105 Å². The van der Waals surface area contributed by atoms with Crippen LogP contribution < -0.4 is 22.3 Å². The third kappa shape index (κ3) is 2.49. The first-order chi connectivity index (χ1) is 8.60. The van der Waals surface area contributed by atoms with Gasteiger partial charge in [0.25, 0.3) is 0 Å². The smallest absolute Gasteiger partial charge is 0.135 e. The first-order valence-corrected chi connectivity index (χ1v) is 5.52. The van der Waals surface area contributed by atoms with Crippen LogP contribution in [0.25, 0.3) is 0 Å². The van der Waals surface area contributed by atoms with E-state index < -0.39 is 0 Å². The Kier molecular flexibility index (Phi) is 3.29. The van der Waals surface area contributed by atoms with E-state index in [0.717, 1.165) is 16.9 Å². The number of nitrogen functional groups attached to an aromatic ring is 2. The molecule has 2 aromatic rings. The summed E-state index contributed by atoms with van der Waals surface area (Å²) in [4.78, 5) is 7.93. The highest BCUT2D eigenvalue weighted by atomic mass is 15.2. The van der Waals surface area contributed by atoms with Crippen molar-refractivity contribution in [1.82, 2.24) is 9.97 Å². The summed E-state index contributed by atoms with van der Waals surface area (Å²) in [6.07, 6.45) is 1.41. The number of anilines is 4. The Morgan fingerprint density at radius 2 is 1.67 bits per heavy atom. The first kappa shape index (κ1) is 12.1. The Bertz CT molecular complexity index is 566. The number of nitrogens with two attached hydrogens (primary N) is 2. The summed E-state index contributed by atoms with van der Waals surface area (Å²) < 4.78 is 0. The largest absolute Gasteiger partial charge is 0.384 e. The Morgan fingerprint density at radius 1 is 1.00 bits per heavy atom. The van der Waals surface area contributed by atoms with Gasteiger partial charge in [-0.2, -0.15) is 0 Å². The topological polar surface area (TPSA) is 102 Å². The number of benzene rings is 1. The molecule has 0 atom stereocenters. The average molecular weight is 244 g/mol. The molecular formula is C12H16N6. The van der Waals surface area contributed by atoms with Crippen molar-refractivity contribution in [1.29, 1.82) is 0 Å². The van der Waals surface area contributed by atoms with E-state index in [2.05, 4.69) is 20.7 Å². The van der Waals surface area contributed by atoms with Gasteiger partial charge < -0.3 is 16.5 Å². The molecule has 0 aliphatic carbocycles. The molecule has 6 heteroatoms. The predicted molar refractivity (Wildman–Crippen MR) is 73.5 cm³/mol. The van der Waals surface area contributed by atoms with E-state index in [1.807, 2.05) is 26.0 Å². The fraction of sp³-hybridized carbons (Fsp3) is 0.167. The van der Waals surface area contributed by atoms with Crippen LogP contribution in [0.3, 0.4) is 0 Å². The van der Waals surface area contributed by atoms with Crippen LogP contribution in [0.2, 0.25) is 0 Å². The van der Waals surface area contributed by atoms with E-state index in [1.165, 1.54) is 11.9 Å². The van der Waals surface area contributed by atoms with Crippen LogP contribution in [0, 0.1) is 13.8 Å². The monoisotopic (exact) mass is 244 g/mol. The van der Waals surface area contributed by atoms with Crippen molar-refractivity contribution < 1.29 is 0 Å². The van der Waals surface area contributed by atoms with Crippen molar-refractivity contribution in [2.45, 2.75) is 13.8 Å². The zero-order chi connectivity index (χ0) is 13.1. The summed E-state index contributed by atoms with van der Waals surface area (Å²) in [6, 6.07) is 5.64. The third-order valence-electron chi connectivity index (χ3n) is 2.74. The van der Waals surface area contributed by atoms with Crippen LogP contribution >= 0.6 is 0 Å². The molecule has 1 heterocycles. The number of aryl methyl sites for hydroxylation is 2. The lowest BCUT2D eigenvalue weighted by molar-refractivity contribution is 1.17. The van der Waals surface area contributed by atoms with Gasteiger partial charge in [-0.05, 0) is 37.1 Å². The molecule has 0 fully saturated rings. The minimum atomic E-state index is 0.415. The molecule has 0 spiro atoms. The fourth-order valence-corrected chi connectivity index (χ4v) is 1.62. The van der Waals surface area contributed by atoms with Crippen molar-refractivity contribution >= 4 is 23.0 Å². The van der Waals surface area contributed by atoms with Crippen LogP contribution in [-0.4, -0.2) is 9.97 Å². The van der Waals surface area contributed by atoms with Gasteiger partial charge in [0.1, 0.15) is 18.0 Å². The SMILES string of the molecule is Cc1cc(NN)c(Nc2cc(N)ncn2)cc1C. The van der Waals surface area contributed by atoms with Crippen LogP contribution in [0.5, 0.6) is 0 Å². The predicted octanol–water partition coefficient (Wildman–Crippen LogP) is 1.70. The highest BCUT2D eigenvalue weighted by molar-refractivity contribution is 5.75. The lowest BCUT2D eigenvalue weighted by Crippen LogP contribution is -2.10. The quantitative estimate of drug-likeness (QED) is 0.484. The standard InChI is InChI=1S/C12H16N6/c1-7-3-9(10(18-14)4-8(7)2)17-12-5-11(13)15-6-16-12/h3-6,18H,14H2,1-2H3,(H3,13,15,16,17). The number of hydrogen-bond donors (Lipinski definition) is 4. The number of hydrogen-bond acceptors (Lipinski definition) is 6. The van der Waals surface area contributed by atoms with Crippen LogP contribution in [-0.2, 0) is 0 Å². The molecule has 0 saturated carbocycles. The lowest BCUT2D eigenvalue weighted by Gasteiger charge is -2.13. The summed E-state index contributed by atoms with van der Waals surface area (Å²) in [5.74, 6) is 6.55. The molecule has 0 saturated heterocycles. The van der Waals surface area contributed by atoms with Gasteiger partial charge in [-0.1, -0.05) is 0 Å². The average Bonchev–Trinajstić information content (AvgIpc) is 2.33. The van der Waals surface area contributed by atoms with E-state index >= 15 is 0 Å². The molecule has 1 aromatic heterocycles. The molecule has 1 aromatic carbocycles. The van der Waals surface area contributed by atoms with E-state index in [0.29, 0.717) is 11.6 Å². The van der Waals surface area contributed by atoms with Gasteiger partial charge in [0.05, 0.1) is 11.4 Å². The number of nitrogens with zero attached hydrogens (tertiary/aromatic N) is 2. The highest BCUT2D eigenvalue weighted by Gasteiger charge is 2.05. The number of rotatable bonds is 3. The molecule has 6 N–H and O–H groups in total. The third-order valence-corrected chi connectivity index (χ3v) is 2.74. The zero-order valence-corrected chi connectivity index (χ0v) is 10.4. The van der Waals surface area contributed by atoms with Gasteiger partial charge in [0.2, 0.25) is 0 Å². The number of hydrazine groups is 1. The van der Waals surface area contributed by atoms with E-state index in [-0.39, 0.29) is 0 Å². The molecule has 0 bridgehead atoms. The summed E-state index contributed by atoms with van der Waals surface area (Å²) in [6.45, 7) is 4.07. The molecule has 0 amide bonds. The van der Waals surface area contributed by atoms with Crippen molar-refractivity contribution in [2.75, 3.05) is 16.5 Å². The molecule has 18 heavy (non-hydrogen) atoms. The van der Waals surface area contributed by atoms with Gasteiger partial charge in [-0.25, -0.2) is 9.97 Å². The van der Waals surface area contributed by atoms with Crippen molar-refractivity contribution in [3.05, 3.63) is 35.7 Å². The second-order valence-corrected chi connectivity index (χ2v) is 4.08. The van der Waals surface area contributed by atoms with Crippen molar-refractivity contribution in [3.63, 3.8) is 0 Å². The zero-order valence-electron chi connectivity index (χ0n) is 10.4. The maximum Gasteiger partial charge on any atom is 0.135 e. The summed E-state index contributed by atoms with van der Waals surface area (Å²) in [7, 11) is 0. The maximum atomic E-state index is 5.61. The summed E-state index contributed by atoms with van der Waals surface area (Å²) in [5, 5.41) is 3.16. The van der Waals surface area contributed by atoms with Crippen molar-refractivity contribution in [2.24, 2.45) is 5.84 Å². The fourth-order valence-electron chi connectivity index (χ4n) is 1.62. The molecule has 2 rings (SSSR count). The van der Waals surface area contributed by atoms with Crippen molar-refractivity contribution in [3.8, 4) is 0 Å². The first-order valence-electron chi connectivity index (χ1n) is 5.52. The minimum absolute atomic E-state index is 0.415. The van der Waals surface area contributed by atoms with Gasteiger partial charge >= 0.3 is 0 Å². The van der Waals surface area contributed by atoms with Crippen LogP contribution in [0.4, 0.5) is 23.0 Å². The van der Waals surface area contributed by atoms with Gasteiger partial charge in [-0.15, -0.1) is 0 Å². The Balaban J connectivity index is 2.36. The molecule has 94 valence electrons. The Morgan fingerprint density at radius 3 is 2.28 bits per heavy atom. The number of nitrogens with one attached hydrogen (secondary N) is 2. The number of aromatic nitrogens is 2. The second-order valence-electron chi connectivity index (χ2n) is 4.08. The van der Waals surface area contributed by atoms with E-state index in [1.54, 1.807) is 6.07 Å². The highest BCUT2D eigenvalue weighted by Crippen LogP contribution is 2.27. The molecule has 0 radical (unpaired) electrons. The molecule has 0 aliphatic heterocycles. The summed E-state index contributed by atoms with van der Waals surface area (Å²) in [5.41, 5.74) is 12.2. The summed E-state index contributed by atoms with van der Waals surface area (Å²) >= 11 is 0. The second kappa shape index (κ2) is 4.89. The maximum absolute atomic E-state index is 5.61. The van der Waals surface area contributed by atoms with Gasteiger partial charge in [0.15, 0.2) is 0 Å². The van der Waals surface area contributed by atoms with E-state index in [9.17, 15) is 0 Å². The molecule has 6 nitrogen and oxygen atoms in total.